The lowest BCUT2D eigenvalue weighted by Crippen LogP contribution is -2.58. The number of benzene rings is 2. The smallest absolute Gasteiger partial charge is 0.338 e. The van der Waals surface area contributed by atoms with Crippen LogP contribution in [0, 0.1) is 0 Å². The molecule has 2 aliphatic rings. The maximum absolute atomic E-state index is 11.9. The number of hydrogen-bond donors (Lipinski definition) is 0. The summed E-state index contributed by atoms with van der Waals surface area (Å²) < 4.78 is 17.3. The van der Waals surface area contributed by atoms with E-state index < -0.39 is 0 Å². The molecule has 2 heterocycles. The molecule has 4 rings (SSSR count). The van der Waals surface area contributed by atoms with Gasteiger partial charge in [0.1, 0.15) is 31.5 Å². The highest BCUT2D eigenvalue weighted by molar-refractivity contribution is 5.89. The number of piperidine rings is 1. The van der Waals surface area contributed by atoms with E-state index in [4.69, 9.17) is 19.0 Å². The highest BCUT2D eigenvalue weighted by atomic mass is 16.8. The van der Waals surface area contributed by atoms with Gasteiger partial charge in [-0.1, -0.05) is 99.9 Å². The molecule has 0 amide bonds. The van der Waals surface area contributed by atoms with Gasteiger partial charge >= 0.3 is 5.97 Å². The lowest BCUT2D eigenvalue weighted by molar-refractivity contribution is -1.12. The molecular formula is C34H50NO5+. The first-order valence-corrected chi connectivity index (χ1v) is 15.6. The Hall–Kier alpha value is -2.25. The molecule has 6 nitrogen and oxygen atoms in total. The summed E-state index contributed by atoms with van der Waals surface area (Å²) in [5.41, 5.74) is 1.97. The maximum atomic E-state index is 11.9. The van der Waals surface area contributed by atoms with Crippen molar-refractivity contribution in [3.8, 4) is 0 Å². The zero-order chi connectivity index (χ0) is 28.0. The van der Waals surface area contributed by atoms with Crippen LogP contribution in [0.1, 0.15) is 99.9 Å². The first kappa shape index (κ1) is 30.7. The number of fused-ring (bicyclic) bond motifs is 2. The molecule has 0 N–H and O–H groups in total. The molecule has 2 aromatic rings. The van der Waals surface area contributed by atoms with Crippen molar-refractivity contribution in [2.45, 2.75) is 115 Å². The van der Waals surface area contributed by atoms with Gasteiger partial charge in [0.15, 0.2) is 6.10 Å². The number of esters is 1. The van der Waals surface area contributed by atoms with Crippen LogP contribution < -0.4 is 0 Å². The summed E-state index contributed by atoms with van der Waals surface area (Å²) in [7, 11) is 1.69. The highest BCUT2D eigenvalue weighted by Gasteiger charge is 2.64. The maximum Gasteiger partial charge on any atom is 0.338 e. The van der Waals surface area contributed by atoms with E-state index in [1.165, 1.54) is 63.4 Å². The third-order valence-electron chi connectivity index (χ3n) is 8.81. The van der Waals surface area contributed by atoms with Crippen molar-refractivity contribution in [2.75, 3.05) is 20.5 Å². The van der Waals surface area contributed by atoms with E-state index in [-0.39, 0.29) is 18.2 Å². The molecule has 6 heteroatoms. The Labute approximate surface area is 241 Å². The van der Waals surface area contributed by atoms with Crippen molar-refractivity contribution in [3.05, 3.63) is 71.8 Å². The van der Waals surface area contributed by atoms with Crippen molar-refractivity contribution < 1.29 is 28.5 Å². The number of rotatable bonds is 19. The lowest BCUT2D eigenvalue weighted by atomic mass is 9.89. The van der Waals surface area contributed by atoms with Gasteiger partial charge in [-0.3, -0.25) is 0 Å². The van der Waals surface area contributed by atoms with Gasteiger partial charge in [0.05, 0.1) is 12.2 Å². The van der Waals surface area contributed by atoms with E-state index in [2.05, 4.69) is 37.3 Å². The van der Waals surface area contributed by atoms with Crippen molar-refractivity contribution in [3.63, 3.8) is 0 Å². The Morgan fingerprint density at radius 3 is 2.10 bits per heavy atom. The zero-order valence-electron chi connectivity index (χ0n) is 24.7. The second-order valence-electron chi connectivity index (χ2n) is 11.6. The highest BCUT2D eigenvalue weighted by Crippen LogP contribution is 2.47. The second-order valence-corrected chi connectivity index (χ2v) is 11.6. The SMILES string of the molecule is COCO[C@@H]1[C@@H]2C[C@@H](CCCCCCCCCCCCOC(=O)c3ccccc3)[N+](Cc3ccccc3)(O2)[C@@H]1C. The molecule has 220 valence electrons. The summed E-state index contributed by atoms with van der Waals surface area (Å²) in [5.74, 6) is -0.214. The van der Waals surface area contributed by atoms with E-state index >= 15 is 0 Å². The molecule has 5 atom stereocenters. The standard InChI is InChI=1S/C34H50NO5/c1-28-33(39-27-37-2)32-25-31(35(28,40-32)26-29-19-13-11-14-20-29)23-17-9-7-5-3-4-6-8-10-18-24-38-34(36)30-21-15-12-16-22-30/h11-16,19-22,28,31-33H,3-10,17-18,23-27H2,1-2H3/q+1/t28-,31-,32+,33+,35?/m1/s1. The number of carbonyl (C=O) groups excluding carboxylic acids is 1. The third kappa shape index (κ3) is 8.39. The van der Waals surface area contributed by atoms with Gasteiger partial charge in [-0.05, 0) is 31.9 Å². The topological polar surface area (TPSA) is 54.0 Å². The third-order valence-corrected chi connectivity index (χ3v) is 8.81. The lowest BCUT2D eigenvalue weighted by Gasteiger charge is -2.40. The van der Waals surface area contributed by atoms with E-state index in [1.807, 2.05) is 18.2 Å². The summed E-state index contributed by atoms with van der Waals surface area (Å²) in [5, 5.41) is 0. The second kappa shape index (κ2) is 16.3. The van der Waals surface area contributed by atoms with E-state index in [0.29, 0.717) is 35.7 Å². The zero-order valence-corrected chi connectivity index (χ0v) is 24.7. The average molecular weight is 553 g/mol. The van der Waals surface area contributed by atoms with Crippen molar-refractivity contribution in [1.29, 1.82) is 0 Å². The summed E-state index contributed by atoms with van der Waals surface area (Å²) in [6.45, 7) is 4.05. The molecule has 0 radical (unpaired) electrons. The van der Waals surface area contributed by atoms with Crippen LogP contribution in [0.3, 0.4) is 0 Å². The average Bonchev–Trinajstić information content (AvgIpc) is 3.46. The molecule has 40 heavy (non-hydrogen) atoms. The largest absolute Gasteiger partial charge is 0.462 e. The molecule has 0 aliphatic carbocycles. The number of unbranched alkanes of at least 4 members (excludes halogenated alkanes) is 9. The first-order valence-electron chi connectivity index (χ1n) is 15.6. The number of carbonyl (C=O) groups is 1. The van der Waals surface area contributed by atoms with Crippen LogP contribution >= 0.6 is 0 Å². The van der Waals surface area contributed by atoms with Crippen molar-refractivity contribution >= 4 is 5.97 Å². The summed E-state index contributed by atoms with van der Waals surface area (Å²) in [6, 6.07) is 20.8. The Morgan fingerprint density at radius 2 is 1.45 bits per heavy atom. The van der Waals surface area contributed by atoms with E-state index in [1.54, 1.807) is 19.2 Å². The Balaban J connectivity index is 1.06. The minimum atomic E-state index is -0.214. The number of methoxy groups -OCH3 is 1. The van der Waals surface area contributed by atoms with Gasteiger partial charge in [-0.25, -0.2) is 4.79 Å². The molecule has 0 spiro atoms. The molecule has 2 saturated heterocycles. The summed E-state index contributed by atoms with van der Waals surface area (Å²) >= 11 is 0. The van der Waals surface area contributed by atoms with Crippen LogP contribution in [0.2, 0.25) is 0 Å². The molecule has 2 bridgehead atoms. The summed E-state index contributed by atoms with van der Waals surface area (Å²) in [4.78, 5) is 18.7. The Kier molecular flexibility index (Phi) is 12.5. The van der Waals surface area contributed by atoms with Gasteiger partial charge in [0.25, 0.3) is 0 Å². The van der Waals surface area contributed by atoms with Gasteiger partial charge in [-0.2, -0.15) is 9.48 Å². The van der Waals surface area contributed by atoms with Gasteiger partial charge in [-0.15, -0.1) is 0 Å². The Morgan fingerprint density at radius 1 is 0.850 bits per heavy atom. The number of hydrogen-bond acceptors (Lipinski definition) is 5. The van der Waals surface area contributed by atoms with Crippen molar-refractivity contribution in [1.82, 2.24) is 0 Å². The molecular weight excluding hydrogens is 502 g/mol. The minimum absolute atomic E-state index is 0.101. The molecule has 2 aliphatic heterocycles. The van der Waals surface area contributed by atoms with Crippen LogP contribution in [0.15, 0.2) is 60.7 Å². The van der Waals surface area contributed by atoms with E-state index in [9.17, 15) is 4.79 Å². The van der Waals surface area contributed by atoms with Crippen LogP contribution in [0.25, 0.3) is 0 Å². The monoisotopic (exact) mass is 552 g/mol. The van der Waals surface area contributed by atoms with E-state index in [0.717, 1.165) is 25.8 Å². The summed E-state index contributed by atoms with van der Waals surface area (Å²) in [6.07, 6.45) is 15.0. The number of hydroxylamine groups is 3. The molecule has 0 aromatic heterocycles. The molecule has 2 aromatic carbocycles. The van der Waals surface area contributed by atoms with Crippen LogP contribution in [-0.2, 0) is 25.6 Å². The minimum Gasteiger partial charge on any atom is -0.462 e. The van der Waals surface area contributed by atoms with Crippen molar-refractivity contribution in [2.24, 2.45) is 0 Å². The van der Waals surface area contributed by atoms with Gasteiger partial charge in [0, 0.05) is 25.5 Å². The molecule has 2 fully saturated rings. The predicted octanol–water partition coefficient (Wildman–Crippen LogP) is 7.62. The molecule has 1 unspecified atom stereocenters. The van der Waals surface area contributed by atoms with Gasteiger partial charge in [0.2, 0.25) is 0 Å². The first-order chi connectivity index (χ1) is 19.6. The number of ether oxygens (including phenoxy) is 3. The van der Waals surface area contributed by atoms with Crippen LogP contribution in [-0.4, -0.2) is 55.4 Å². The van der Waals surface area contributed by atoms with Gasteiger partial charge < -0.3 is 14.2 Å². The van der Waals surface area contributed by atoms with Crippen LogP contribution in [0.4, 0.5) is 0 Å². The fraction of sp³-hybridized carbons (Fsp3) is 0.618. The number of nitrogens with zero attached hydrogens (tertiary/aromatic N) is 1. The number of quaternary nitrogens is 1. The normalized spacial score (nSPS) is 25.4. The predicted molar refractivity (Wildman–Crippen MR) is 157 cm³/mol. The fourth-order valence-corrected chi connectivity index (χ4v) is 6.64. The quantitative estimate of drug-likeness (QED) is 0.0777. The molecule has 0 saturated carbocycles. The fourth-order valence-electron chi connectivity index (χ4n) is 6.64. The Bertz CT molecular complexity index is 986. The van der Waals surface area contributed by atoms with Crippen LogP contribution in [0.5, 0.6) is 0 Å².